The summed E-state index contributed by atoms with van der Waals surface area (Å²) in [5.41, 5.74) is 1.06. The molecular formula is C16H16F2O2. The Balaban J connectivity index is 2.06. The van der Waals surface area contributed by atoms with Gasteiger partial charge in [-0.25, -0.2) is 8.78 Å². The summed E-state index contributed by atoms with van der Waals surface area (Å²) in [5.74, 6) is -0.656. The number of hydrogen-bond acceptors (Lipinski definition) is 2. The van der Waals surface area contributed by atoms with Crippen LogP contribution in [0, 0.1) is 11.6 Å². The number of halogens is 2. The maximum absolute atomic E-state index is 13.9. The molecule has 0 aliphatic carbocycles. The summed E-state index contributed by atoms with van der Waals surface area (Å²) in [4.78, 5) is 0. The van der Waals surface area contributed by atoms with E-state index in [-0.39, 0.29) is 24.4 Å². The molecule has 0 radical (unpaired) electrons. The summed E-state index contributed by atoms with van der Waals surface area (Å²) >= 11 is 0. The van der Waals surface area contributed by atoms with Crippen molar-refractivity contribution < 1.29 is 18.6 Å². The van der Waals surface area contributed by atoms with Gasteiger partial charge in [-0.05, 0) is 35.7 Å². The van der Waals surface area contributed by atoms with Crippen LogP contribution >= 0.6 is 0 Å². The standard InChI is InChI=1S/C16H16F2O2/c1-20-15-7-3-5-12(16(15)18)10-14(19)9-11-4-2-6-13(17)8-11/h2-8,14,19H,9-10H2,1H3. The van der Waals surface area contributed by atoms with Gasteiger partial charge in [0, 0.05) is 6.42 Å². The second-order valence-corrected chi connectivity index (χ2v) is 4.63. The van der Waals surface area contributed by atoms with Crippen molar-refractivity contribution in [3.63, 3.8) is 0 Å². The van der Waals surface area contributed by atoms with E-state index in [0.717, 1.165) is 0 Å². The fraction of sp³-hybridized carbons (Fsp3) is 0.250. The van der Waals surface area contributed by atoms with E-state index < -0.39 is 11.9 Å². The molecule has 1 unspecified atom stereocenters. The van der Waals surface area contributed by atoms with Crippen LogP contribution < -0.4 is 4.74 Å². The van der Waals surface area contributed by atoms with Crippen LogP contribution in [0.3, 0.4) is 0 Å². The highest BCUT2D eigenvalue weighted by Crippen LogP contribution is 2.21. The molecule has 2 rings (SSSR count). The quantitative estimate of drug-likeness (QED) is 0.910. The van der Waals surface area contributed by atoms with E-state index in [9.17, 15) is 13.9 Å². The second-order valence-electron chi connectivity index (χ2n) is 4.63. The van der Waals surface area contributed by atoms with E-state index in [1.54, 1.807) is 24.3 Å². The van der Waals surface area contributed by atoms with Gasteiger partial charge >= 0.3 is 0 Å². The smallest absolute Gasteiger partial charge is 0.168 e. The number of methoxy groups -OCH3 is 1. The number of aliphatic hydroxyl groups excluding tert-OH is 1. The Morgan fingerprint density at radius 1 is 1.10 bits per heavy atom. The van der Waals surface area contributed by atoms with Gasteiger partial charge < -0.3 is 9.84 Å². The lowest BCUT2D eigenvalue weighted by Gasteiger charge is -2.13. The minimum Gasteiger partial charge on any atom is -0.494 e. The van der Waals surface area contributed by atoms with Crippen molar-refractivity contribution in [3.05, 3.63) is 65.2 Å². The first-order valence-electron chi connectivity index (χ1n) is 6.34. The number of hydrogen-bond donors (Lipinski definition) is 1. The van der Waals surface area contributed by atoms with Crippen molar-refractivity contribution in [3.8, 4) is 5.75 Å². The molecule has 1 N–H and O–H groups in total. The third-order valence-electron chi connectivity index (χ3n) is 3.08. The third-order valence-corrected chi connectivity index (χ3v) is 3.08. The molecule has 0 aliphatic heterocycles. The molecule has 2 aromatic carbocycles. The summed E-state index contributed by atoms with van der Waals surface area (Å²) in [5, 5.41) is 10.0. The Labute approximate surface area is 116 Å². The average Bonchev–Trinajstić information content (AvgIpc) is 2.41. The van der Waals surface area contributed by atoms with Gasteiger partial charge in [0.05, 0.1) is 13.2 Å². The summed E-state index contributed by atoms with van der Waals surface area (Å²) in [6.07, 6.45) is -0.355. The molecule has 0 bridgehead atoms. The molecule has 2 aromatic rings. The SMILES string of the molecule is COc1cccc(CC(O)Cc2cccc(F)c2)c1F. The minimum atomic E-state index is -0.779. The van der Waals surface area contributed by atoms with Crippen LogP contribution in [0.2, 0.25) is 0 Å². The zero-order valence-electron chi connectivity index (χ0n) is 11.1. The fourth-order valence-electron chi connectivity index (χ4n) is 2.13. The normalized spacial score (nSPS) is 12.2. The lowest BCUT2D eigenvalue weighted by atomic mass is 10.0. The zero-order valence-corrected chi connectivity index (χ0v) is 11.1. The molecule has 1 atom stereocenters. The molecule has 0 aromatic heterocycles. The Morgan fingerprint density at radius 3 is 2.55 bits per heavy atom. The van der Waals surface area contributed by atoms with E-state index in [1.807, 2.05) is 0 Å². The first-order chi connectivity index (χ1) is 9.60. The Hall–Kier alpha value is -1.94. The number of rotatable bonds is 5. The van der Waals surface area contributed by atoms with Crippen LogP contribution in [0.4, 0.5) is 8.78 Å². The number of ether oxygens (including phenoxy) is 1. The summed E-state index contributed by atoms with van der Waals surface area (Å²) < 4.78 is 31.9. The van der Waals surface area contributed by atoms with Crippen LogP contribution in [0.25, 0.3) is 0 Å². The molecule has 2 nitrogen and oxygen atoms in total. The van der Waals surface area contributed by atoms with E-state index in [1.165, 1.54) is 25.3 Å². The highest BCUT2D eigenvalue weighted by Gasteiger charge is 2.13. The molecule has 0 fully saturated rings. The van der Waals surface area contributed by atoms with Gasteiger partial charge in [-0.15, -0.1) is 0 Å². The van der Waals surface area contributed by atoms with Crippen LogP contribution in [0.5, 0.6) is 5.75 Å². The molecule has 0 amide bonds. The summed E-state index contributed by atoms with van der Waals surface area (Å²) in [6.45, 7) is 0. The molecule has 0 saturated carbocycles. The van der Waals surface area contributed by atoms with Crippen molar-refractivity contribution in [1.82, 2.24) is 0 Å². The summed E-state index contributed by atoms with van der Waals surface area (Å²) in [7, 11) is 1.39. The van der Waals surface area contributed by atoms with Crippen LogP contribution in [0.1, 0.15) is 11.1 Å². The van der Waals surface area contributed by atoms with Crippen LogP contribution in [-0.4, -0.2) is 18.3 Å². The molecule has 0 saturated heterocycles. The predicted molar refractivity (Wildman–Crippen MR) is 72.8 cm³/mol. The van der Waals surface area contributed by atoms with Crippen molar-refractivity contribution in [2.24, 2.45) is 0 Å². The largest absolute Gasteiger partial charge is 0.494 e. The zero-order chi connectivity index (χ0) is 14.5. The van der Waals surface area contributed by atoms with Crippen molar-refractivity contribution in [2.45, 2.75) is 18.9 Å². The van der Waals surface area contributed by atoms with Gasteiger partial charge in [0.15, 0.2) is 11.6 Å². The Bertz CT molecular complexity index is 584. The van der Waals surface area contributed by atoms with Crippen LogP contribution in [0.15, 0.2) is 42.5 Å². The maximum atomic E-state index is 13.9. The van der Waals surface area contributed by atoms with Gasteiger partial charge in [0.25, 0.3) is 0 Å². The van der Waals surface area contributed by atoms with Crippen LogP contribution in [-0.2, 0) is 12.8 Å². The molecule has 0 heterocycles. The van der Waals surface area contributed by atoms with Gasteiger partial charge in [-0.2, -0.15) is 0 Å². The van der Waals surface area contributed by atoms with Gasteiger partial charge in [0.2, 0.25) is 0 Å². The molecule has 0 aliphatic rings. The first kappa shape index (κ1) is 14.5. The monoisotopic (exact) mass is 278 g/mol. The van der Waals surface area contributed by atoms with Gasteiger partial charge in [-0.3, -0.25) is 0 Å². The van der Waals surface area contributed by atoms with Gasteiger partial charge in [-0.1, -0.05) is 24.3 Å². The summed E-state index contributed by atoms with van der Waals surface area (Å²) in [6, 6.07) is 10.8. The Kier molecular flexibility index (Phi) is 4.69. The highest BCUT2D eigenvalue weighted by atomic mass is 19.1. The Morgan fingerprint density at radius 2 is 1.85 bits per heavy atom. The second kappa shape index (κ2) is 6.48. The van der Waals surface area contributed by atoms with Gasteiger partial charge in [0.1, 0.15) is 5.82 Å². The average molecular weight is 278 g/mol. The molecule has 20 heavy (non-hydrogen) atoms. The van der Waals surface area contributed by atoms with E-state index >= 15 is 0 Å². The first-order valence-corrected chi connectivity index (χ1v) is 6.34. The highest BCUT2D eigenvalue weighted by molar-refractivity contribution is 5.31. The fourth-order valence-corrected chi connectivity index (χ4v) is 2.13. The molecule has 106 valence electrons. The van der Waals surface area contributed by atoms with E-state index in [4.69, 9.17) is 4.74 Å². The maximum Gasteiger partial charge on any atom is 0.168 e. The number of benzene rings is 2. The topological polar surface area (TPSA) is 29.5 Å². The van der Waals surface area contributed by atoms with Crippen molar-refractivity contribution in [2.75, 3.05) is 7.11 Å². The van der Waals surface area contributed by atoms with Crippen molar-refractivity contribution >= 4 is 0 Å². The third kappa shape index (κ3) is 3.54. The van der Waals surface area contributed by atoms with Crippen molar-refractivity contribution in [1.29, 1.82) is 0 Å². The molecule has 4 heteroatoms. The van der Waals surface area contributed by atoms with E-state index in [0.29, 0.717) is 11.1 Å². The lowest BCUT2D eigenvalue weighted by Crippen LogP contribution is -2.15. The number of aliphatic hydroxyl groups is 1. The molecule has 0 spiro atoms. The predicted octanol–water partition coefficient (Wildman–Crippen LogP) is 3.12. The molecular weight excluding hydrogens is 262 g/mol. The minimum absolute atomic E-state index is 0.152. The lowest BCUT2D eigenvalue weighted by molar-refractivity contribution is 0.174. The van der Waals surface area contributed by atoms with E-state index in [2.05, 4.69) is 0 Å².